The number of rotatable bonds is 3. The molecule has 0 saturated heterocycles. The van der Waals surface area contributed by atoms with E-state index < -0.39 is 0 Å². The van der Waals surface area contributed by atoms with Crippen LogP contribution in [0.2, 0.25) is 0 Å². The highest BCUT2D eigenvalue weighted by Gasteiger charge is 2.25. The van der Waals surface area contributed by atoms with Crippen molar-refractivity contribution < 1.29 is 14.3 Å². The maximum atomic E-state index is 11.3. The predicted octanol–water partition coefficient (Wildman–Crippen LogP) is 1.14. The van der Waals surface area contributed by atoms with Crippen molar-refractivity contribution in [2.24, 2.45) is 5.92 Å². The number of ether oxygens (including phenoxy) is 2. The summed E-state index contributed by atoms with van der Waals surface area (Å²) in [6.45, 7) is 4.64. The Bertz CT molecular complexity index is 186. The quantitative estimate of drug-likeness (QED) is 0.637. The van der Waals surface area contributed by atoms with Crippen LogP contribution < -0.4 is 0 Å². The van der Waals surface area contributed by atoms with E-state index in [-0.39, 0.29) is 24.4 Å². The van der Waals surface area contributed by atoms with Crippen molar-refractivity contribution in [1.82, 2.24) is 0 Å². The predicted molar refractivity (Wildman–Crippen MR) is 44.7 cm³/mol. The fourth-order valence-corrected chi connectivity index (χ4v) is 1.26. The second-order valence-electron chi connectivity index (χ2n) is 2.79. The molecule has 3 nitrogen and oxygen atoms in total. The van der Waals surface area contributed by atoms with Gasteiger partial charge in [-0.3, -0.25) is 4.79 Å². The lowest BCUT2D eigenvalue weighted by atomic mass is 9.98. The molecule has 0 fully saturated rings. The van der Waals surface area contributed by atoms with Crippen LogP contribution in [0.4, 0.5) is 0 Å². The summed E-state index contributed by atoms with van der Waals surface area (Å²) in [5.74, 6) is -0.0304. The molecule has 68 valence electrons. The topological polar surface area (TPSA) is 35.5 Å². The first-order chi connectivity index (χ1) is 5.75. The molecule has 1 heterocycles. The number of Topliss-reactive ketones (excluding diaryl/α,β-unsaturated/α-hetero) is 1. The maximum Gasteiger partial charge on any atom is 0.179 e. The molecule has 0 aromatic carbocycles. The SMILES string of the molecule is CCO[C@H](C)[C@@H]1C=COCC1=O. The molecule has 1 aliphatic heterocycles. The molecule has 0 aromatic heterocycles. The summed E-state index contributed by atoms with van der Waals surface area (Å²) >= 11 is 0. The van der Waals surface area contributed by atoms with Gasteiger partial charge in [0.1, 0.15) is 6.61 Å². The third-order valence-electron chi connectivity index (χ3n) is 1.91. The molecule has 1 aliphatic rings. The largest absolute Gasteiger partial charge is 0.494 e. The zero-order valence-corrected chi connectivity index (χ0v) is 7.45. The summed E-state index contributed by atoms with van der Waals surface area (Å²) < 4.78 is 10.2. The third-order valence-corrected chi connectivity index (χ3v) is 1.91. The van der Waals surface area contributed by atoms with Crippen molar-refractivity contribution in [3.63, 3.8) is 0 Å². The van der Waals surface area contributed by atoms with Crippen LogP contribution in [0.1, 0.15) is 13.8 Å². The zero-order valence-electron chi connectivity index (χ0n) is 7.45. The molecule has 0 amide bonds. The zero-order chi connectivity index (χ0) is 8.97. The summed E-state index contributed by atoms with van der Waals surface area (Å²) in [4.78, 5) is 11.3. The molecule has 0 N–H and O–H groups in total. The van der Waals surface area contributed by atoms with Crippen LogP contribution in [-0.2, 0) is 14.3 Å². The van der Waals surface area contributed by atoms with E-state index in [1.807, 2.05) is 13.8 Å². The average Bonchev–Trinajstić information content (AvgIpc) is 2.05. The molecule has 3 heteroatoms. The highest BCUT2D eigenvalue weighted by molar-refractivity contribution is 5.85. The van der Waals surface area contributed by atoms with E-state index in [9.17, 15) is 4.79 Å². The lowest BCUT2D eigenvalue weighted by Gasteiger charge is -2.21. The number of carbonyl (C=O) groups is 1. The molecular formula is C9H14O3. The first-order valence-electron chi connectivity index (χ1n) is 4.18. The highest BCUT2D eigenvalue weighted by Crippen LogP contribution is 2.14. The van der Waals surface area contributed by atoms with E-state index in [0.717, 1.165) is 0 Å². The van der Waals surface area contributed by atoms with Crippen molar-refractivity contribution in [3.8, 4) is 0 Å². The Morgan fingerprint density at radius 3 is 3.17 bits per heavy atom. The Morgan fingerprint density at radius 2 is 2.58 bits per heavy atom. The van der Waals surface area contributed by atoms with Gasteiger partial charge in [-0.25, -0.2) is 0 Å². The molecule has 12 heavy (non-hydrogen) atoms. The second kappa shape index (κ2) is 4.26. The lowest BCUT2D eigenvalue weighted by molar-refractivity contribution is -0.129. The van der Waals surface area contributed by atoms with Gasteiger partial charge in [-0.2, -0.15) is 0 Å². The molecule has 0 bridgehead atoms. The Labute approximate surface area is 72.4 Å². The maximum absolute atomic E-state index is 11.3. The van der Waals surface area contributed by atoms with Gasteiger partial charge in [-0.05, 0) is 19.9 Å². The van der Waals surface area contributed by atoms with E-state index in [2.05, 4.69) is 0 Å². The molecule has 0 aromatic rings. The molecule has 0 unspecified atom stereocenters. The first kappa shape index (κ1) is 9.26. The van der Waals surface area contributed by atoms with E-state index in [4.69, 9.17) is 9.47 Å². The summed E-state index contributed by atoms with van der Waals surface area (Å²) in [5, 5.41) is 0. The summed E-state index contributed by atoms with van der Waals surface area (Å²) in [5.41, 5.74) is 0. The van der Waals surface area contributed by atoms with E-state index >= 15 is 0 Å². The molecule has 0 aliphatic carbocycles. The minimum Gasteiger partial charge on any atom is -0.494 e. The van der Waals surface area contributed by atoms with E-state index in [1.165, 1.54) is 0 Å². The van der Waals surface area contributed by atoms with Crippen LogP contribution in [0.15, 0.2) is 12.3 Å². The minimum absolute atomic E-state index is 0.0392. The Hall–Kier alpha value is -0.830. The highest BCUT2D eigenvalue weighted by atomic mass is 16.5. The molecule has 2 atom stereocenters. The first-order valence-corrected chi connectivity index (χ1v) is 4.18. The summed E-state index contributed by atoms with van der Waals surface area (Å²) in [6, 6.07) is 0. The molecule has 0 saturated carbocycles. The third kappa shape index (κ3) is 2.08. The van der Waals surface area contributed by atoms with Crippen LogP contribution in [0.5, 0.6) is 0 Å². The summed E-state index contributed by atoms with van der Waals surface area (Å²) in [7, 11) is 0. The van der Waals surface area contributed by atoms with Crippen LogP contribution in [0, 0.1) is 5.92 Å². The smallest absolute Gasteiger partial charge is 0.179 e. The Kier molecular flexibility index (Phi) is 3.29. The van der Waals surface area contributed by atoms with Gasteiger partial charge >= 0.3 is 0 Å². The van der Waals surface area contributed by atoms with Crippen molar-refractivity contribution in [2.75, 3.05) is 13.2 Å². The number of hydrogen-bond acceptors (Lipinski definition) is 3. The van der Waals surface area contributed by atoms with Gasteiger partial charge < -0.3 is 9.47 Å². The van der Waals surface area contributed by atoms with Crippen LogP contribution in [0.25, 0.3) is 0 Å². The van der Waals surface area contributed by atoms with Gasteiger partial charge in [0, 0.05) is 6.61 Å². The standard InChI is InChI=1S/C9H14O3/c1-3-12-7(2)8-4-5-11-6-9(8)10/h4-5,7-8H,3,6H2,1-2H3/t7-,8+/m1/s1. The van der Waals surface area contributed by atoms with E-state index in [1.54, 1.807) is 12.3 Å². The van der Waals surface area contributed by atoms with Gasteiger partial charge in [-0.15, -0.1) is 0 Å². The molecular weight excluding hydrogens is 156 g/mol. The van der Waals surface area contributed by atoms with Gasteiger partial charge in [0.15, 0.2) is 5.78 Å². The van der Waals surface area contributed by atoms with Crippen molar-refractivity contribution in [3.05, 3.63) is 12.3 Å². The average molecular weight is 170 g/mol. The van der Waals surface area contributed by atoms with Crippen LogP contribution >= 0.6 is 0 Å². The minimum atomic E-state index is -0.126. The number of hydrogen-bond donors (Lipinski definition) is 0. The molecule has 1 rings (SSSR count). The Morgan fingerprint density at radius 1 is 1.83 bits per heavy atom. The number of carbonyl (C=O) groups excluding carboxylic acids is 1. The van der Waals surface area contributed by atoms with Crippen molar-refractivity contribution >= 4 is 5.78 Å². The van der Waals surface area contributed by atoms with Crippen LogP contribution in [-0.4, -0.2) is 25.1 Å². The fourth-order valence-electron chi connectivity index (χ4n) is 1.26. The van der Waals surface area contributed by atoms with Crippen LogP contribution in [0.3, 0.4) is 0 Å². The summed E-state index contributed by atoms with van der Waals surface area (Å²) in [6.07, 6.45) is 3.29. The molecule has 0 spiro atoms. The normalized spacial score (nSPS) is 25.2. The second-order valence-corrected chi connectivity index (χ2v) is 2.79. The van der Waals surface area contributed by atoms with Gasteiger partial charge in [-0.1, -0.05) is 0 Å². The number of ketones is 1. The van der Waals surface area contributed by atoms with Gasteiger partial charge in [0.25, 0.3) is 0 Å². The lowest BCUT2D eigenvalue weighted by Crippen LogP contribution is -2.31. The van der Waals surface area contributed by atoms with Gasteiger partial charge in [0.05, 0.1) is 18.3 Å². The van der Waals surface area contributed by atoms with Crippen molar-refractivity contribution in [1.29, 1.82) is 0 Å². The molecule has 0 radical (unpaired) electrons. The van der Waals surface area contributed by atoms with Gasteiger partial charge in [0.2, 0.25) is 0 Å². The van der Waals surface area contributed by atoms with Crippen molar-refractivity contribution in [2.45, 2.75) is 20.0 Å². The van der Waals surface area contributed by atoms with E-state index in [0.29, 0.717) is 6.61 Å². The Balaban J connectivity index is 2.53. The monoisotopic (exact) mass is 170 g/mol. The fraction of sp³-hybridized carbons (Fsp3) is 0.667.